The van der Waals surface area contributed by atoms with Gasteiger partial charge < -0.3 is 10.6 Å². The van der Waals surface area contributed by atoms with E-state index in [1.54, 1.807) is 0 Å². The van der Waals surface area contributed by atoms with Crippen LogP contribution in [-0.4, -0.2) is 18.5 Å². The maximum atomic E-state index is 12.8. The summed E-state index contributed by atoms with van der Waals surface area (Å²) in [5.74, 6) is 0.427. The summed E-state index contributed by atoms with van der Waals surface area (Å²) in [6.07, 6.45) is 6.18. The number of aryl methyl sites for hydroxylation is 2. The monoisotopic (exact) mass is 272 g/mol. The normalized spacial score (nSPS) is 26.2. The fraction of sp³-hybridized carbons (Fsp3) is 0.588. The van der Waals surface area contributed by atoms with Gasteiger partial charge in [-0.1, -0.05) is 24.1 Å². The van der Waals surface area contributed by atoms with Crippen molar-refractivity contribution in [3.63, 3.8) is 0 Å². The van der Waals surface area contributed by atoms with Crippen LogP contribution in [0.25, 0.3) is 0 Å². The summed E-state index contributed by atoms with van der Waals surface area (Å²) in [6.45, 7) is 2.97. The van der Waals surface area contributed by atoms with Crippen molar-refractivity contribution in [2.75, 3.05) is 11.4 Å². The van der Waals surface area contributed by atoms with Crippen molar-refractivity contribution in [2.45, 2.75) is 51.5 Å². The van der Waals surface area contributed by atoms with E-state index in [0.29, 0.717) is 5.91 Å². The molecule has 2 N–H and O–H groups in total. The molecule has 20 heavy (non-hydrogen) atoms. The number of nitrogens with two attached hydrogens (primary N) is 1. The third kappa shape index (κ3) is 2.59. The van der Waals surface area contributed by atoms with E-state index in [2.05, 4.69) is 25.1 Å². The lowest BCUT2D eigenvalue weighted by atomic mass is 9.84. The number of benzene rings is 1. The molecule has 0 saturated heterocycles. The zero-order chi connectivity index (χ0) is 14.1. The molecule has 0 bridgehead atoms. The topological polar surface area (TPSA) is 46.3 Å². The summed E-state index contributed by atoms with van der Waals surface area (Å²) in [5, 5.41) is 0. The van der Waals surface area contributed by atoms with Crippen molar-refractivity contribution in [2.24, 2.45) is 11.7 Å². The Morgan fingerprint density at radius 3 is 2.95 bits per heavy atom. The average molecular weight is 272 g/mol. The Bertz CT molecular complexity index is 512. The summed E-state index contributed by atoms with van der Waals surface area (Å²) in [4.78, 5) is 14.8. The maximum Gasteiger partial charge on any atom is 0.230 e. The third-order valence-corrected chi connectivity index (χ3v) is 4.68. The largest absolute Gasteiger partial charge is 0.328 e. The Hall–Kier alpha value is -1.35. The predicted molar refractivity (Wildman–Crippen MR) is 81.8 cm³/mol. The molecule has 1 fully saturated rings. The van der Waals surface area contributed by atoms with Crippen molar-refractivity contribution < 1.29 is 4.79 Å². The van der Waals surface area contributed by atoms with Crippen molar-refractivity contribution in [3.05, 3.63) is 29.3 Å². The highest BCUT2D eigenvalue weighted by atomic mass is 16.2. The van der Waals surface area contributed by atoms with Gasteiger partial charge in [-0.25, -0.2) is 0 Å². The van der Waals surface area contributed by atoms with Crippen LogP contribution in [0.1, 0.15) is 43.2 Å². The number of carbonyl (C=O) groups excluding carboxylic acids is 1. The number of nitrogens with zero attached hydrogens (tertiary/aromatic N) is 1. The zero-order valence-electron chi connectivity index (χ0n) is 12.3. The van der Waals surface area contributed by atoms with Crippen LogP contribution < -0.4 is 10.6 Å². The fourth-order valence-corrected chi connectivity index (χ4v) is 3.63. The first kappa shape index (κ1) is 13.6. The Kier molecular flexibility index (Phi) is 3.79. The highest BCUT2D eigenvalue weighted by molar-refractivity contribution is 5.96. The zero-order valence-corrected chi connectivity index (χ0v) is 12.3. The smallest absolute Gasteiger partial charge is 0.230 e. The van der Waals surface area contributed by atoms with Crippen molar-refractivity contribution >= 4 is 11.6 Å². The van der Waals surface area contributed by atoms with Gasteiger partial charge in [0.2, 0.25) is 5.91 Å². The SMILES string of the molecule is Cc1ccc2c(c1)CCCN2C(=O)C1CCCC(N)C1. The fourth-order valence-electron chi connectivity index (χ4n) is 3.63. The van der Waals surface area contributed by atoms with Gasteiger partial charge in [0.15, 0.2) is 0 Å². The second-order valence-corrected chi connectivity index (χ2v) is 6.35. The summed E-state index contributed by atoms with van der Waals surface area (Å²) < 4.78 is 0. The quantitative estimate of drug-likeness (QED) is 0.854. The Morgan fingerprint density at radius 2 is 2.15 bits per heavy atom. The standard InChI is InChI=1S/C17H24N2O/c1-12-7-8-16-13(10-12)5-3-9-19(16)17(20)14-4-2-6-15(18)11-14/h7-8,10,14-15H,2-6,9,11,18H2,1H3. The molecule has 2 atom stereocenters. The summed E-state index contributed by atoms with van der Waals surface area (Å²) in [5.41, 5.74) is 9.77. The molecule has 3 heteroatoms. The molecule has 0 radical (unpaired) electrons. The molecular weight excluding hydrogens is 248 g/mol. The molecule has 1 saturated carbocycles. The Balaban J connectivity index is 1.83. The lowest BCUT2D eigenvalue weighted by Gasteiger charge is -2.35. The molecule has 1 aromatic carbocycles. The minimum atomic E-state index is 0.131. The van der Waals surface area contributed by atoms with Gasteiger partial charge in [-0.05, 0) is 50.7 Å². The molecule has 1 aromatic rings. The minimum absolute atomic E-state index is 0.131. The summed E-state index contributed by atoms with van der Waals surface area (Å²) in [6, 6.07) is 6.66. The van der Waals surface area contributed by atoms with Crippen molar-refractivity contribution in [3.8, 4) is 0 Å². The van der Waals surface area contributed by atoms with Crippen LogP contribution in [-0.2, 0) is 11.2 Å². The van der Waals surface area contributed by atoms with Crippen LogP contribution in [0.2, 0.25) is 0 Å². The van der Waals surface area contributed by atoms with Crippen LogP contribution in [0.5, 0.6) is 0 Å². The molecule has 1 aliphatic carbocycles. The highest BCUT2D eigenvalue weighted by Gasteiger charge is 2.31. The Morgan fingerprint density at radius 1 is 1.30 bits per heavy atom. The van der Waals surface area contributed by atoms with Gasteiger partial charge >= 0.3 is 0 Å². The summed E-state index contributed by atoms with van der Waals surface area (Å²) >= 11 is 0. The number of fused-ring (bicyclic) bond motifs is 1. The van der Waals surface area contributed by atoms with E-state index in [0.717, 1.165) is 50.8 Å². The van der Waals surface area contributed by atoms with Crippen LogP contribution in [0, 0.1) is 12.8 Å². The molecule has 0 aromatic heterocycles. The van der Waals surface area contributed by atoms with E-state index in [1.807, 2.05) is 4.90 Å². The first-order valence-corrected chi connectivity index (χ1v) is 7.81. The maximum absolute atomic E-state index is 12.8. The predicted octanol–water partition coefficient (Wildman–Crippen LogP) is 2.79. The minimum Gasteiger partial charge on any atom is -0.328 e. The van der Waals surface area contributed by atoms with Gasteiger partial charge in [-0.15, -0.1) is 0 Å². The first-order chi connectivity index (χ1) is 9.65. The van der Waals surface area contributed by atoms with E-state index in [1.165, 1.54) is 11.1 Å². The van der Waals surface area contributed by atoms with E-state index in [4.69, 9.17) is 5.73 Å². The molecule has 108 valence electrons. The van der Waals surface area contributed by atoms with Crippen LogP contribution >= 0.6 is 0 Å². The number of amides is 1. The average Bonchev–Trinajstić information content (AvgIpc) is 2.45. The van der Waals surface area contributed by atoms with Crippen LogP contribution in [0.4, 0.5) is 5.69 Å². The van der Waals surface area contributed by atoms with Gasteiger partial charge in [0.1, 0.15) is 0 Å². The van der Waals surface area contributed by atoms with E-state index < -0.39 is 0 Å². The number of carbonyl (C=O) groups is 1. The van der Waals surface area contributed by atoms with Crippen molar-refractivity contribution in [1.29, 1.82) is 0 Å². The second-order valence-electron chi connectivity index (χ2n) is 6.35. The molecule has 2 aliphatic rings. The van der Waals surface area contributed by atoms with E-state index >= 15 is 0 Å². The van der Waals surface area contributed by atoms with Gasteiger partial charge in [-0.2, -0.15) is 0 Å². The van der Waals surface area contributed by atoms with Crippen LogP contribution in [0.3, 0.4) is 0 Å². The van der Waals surface area contributed by atoms with Crippen LogP contribution in [0.15, 0.2) is 18.2 Å². The molecule has 0 spiro atoms. The second kappa shape index (κ2) is 5.57. The molecule has 1 amide bonds. The van der Waals surface area contributed by atoms with Crippen molar-refractivity contribution in [1.82, 2.24) is 0 Å². The number of hydrogen-bond acceptors (Lipinski definition) is 2. The molecule has 1 heterocycles. The number of hydrogen-bond donors (Lipinski definition) is 1. The molecular formula is C17H24N2O. The lowest BCUT2D eigenvalue weighted by Crippen LogP contribution is -2.43. The number of rotatable bonds is 1. The highest BCUT2D eigenvalue weighted by Crippen LogP contribution is 2.32. The lowest BCUT2D eigenvalue weighted by molar-refractivity contribution is -0.123. The molecule has 1 aliphatic heterocycles. The van der Waals surface area contributed by atoms with Gasteiger partial charge in [0, 0.05) is 24.2 Å². The Labute approximate surface area is 121 Å². The van der Waals surface area contributed by atoms with Gasteiger partial charge in [0.25, 0.3) is 0 Å². The molecule has 2 unspecified atom stereocenters. The van der Waals surface area contributed by atoms with E-state index in [-0.39, 0.29) is 12.0 Å². The van der Waals surface area contributed by atoms with E-state index in [9.17, 15) is 4.79 Å². The first-order valence-electron chi connectivity index (χ1n) is 7.81. The van der Waals surface area contributed by atoms with Gasteiger partial charge in [0.05, 0.1) is 0 Å². The molecule has 3 rings (SSSR count). The molecule has 3 nitrogen and oxygen atoms in total. The third-order valence-electron chi connectivity index (χ3n) is 4.68. The number of anilines is 1. The van der Waals surface area contributed by atoms with Gasteiger partial charge in [-0.3, -0.25) is 4.79 Å². The summed E-state index contributed by atoms with van der Waals surface area (Å²) in [7, 11) is 0.